The van der Waals surface area contributed by atoms with Gasteiger partial charge in [-0.2, -0.15) is 0 Å². The van der Waals surface area contributed by atoms with Gasteiger partial charge in [0, 0.05) is 30.4 Å². The molecule has 0 radical (unpaired) electrons. The van der Waals surface area contributed by atoms with Crippen LogP contribution in [0.1, 0.15) is 25.7 Å². The molecule has 0 aliphatic carbocycles. The number of benzene rings is 1. The lowest BCUT2D eigenvalue weighted by molar-refractivity contribution is 0.296. The summed E-state index contributed by atoms with van der Waals surface area (Å²) in [7, 11) is 0. The Bertz CT molecular complexity index is 588. The number of aromatic nitrogens is 1. The average molecular weight is 284 g/mol. The summed E-state index contributed by atoms with van der Waals surface area (Å²) in [5.74, 6) is 0. The van der Waals surface area contributed by atoms with Crippen LogP contribution in [0.3, 0.4) is 0 Å². The summed E-state index contributed by atoms with van der Waals surface area (Å²) in [6.45, 7) is 4.53. The van der Waals surface area contributed by atoms with Crippen LogP contribution in [-0.4, -0.2) is 36.1 Å². The van der Waals surface area contributed by atoms with Crippen LogP contribution < -0.4 is 11.1 Å². The molecule has 0 atom stereocenters. The highest BCUT2D eigenvalue weighted by Gasteiger charge is 2.09. The first-order chi connectivity index (χ1) is 10.3. The zero-order valence-corrected chi connectivity index (χ0v) is 12.5. The Hall–Kier alpha value is -1.81. The van der Waals surface area contributed by atoms with E-state index in [1.165, 1.54) is 38.8 Å². The van der Waals surface area contributed by atoms with Crippen LogP contribution in [0.15, 0.2) is 30.5 Å². The van der Waals surface area contributed by atoms with Gasteiger partial charge in [-0.05, 0) is 50.2 Å². The van der Waals surface area contributed by atoms with Gasteiger partial charge in [0.15, 0.2) is 0 Å². The molecule has 0 bridgehead atoms. The summed E-state index contributed by atoms with van der Waals surface area (Å²) in [6.07, 6.45) is 7.27. The van der Waals surface area contributed by atoms with Crippen molar-refractivity contribution < 1.29 is 0 Å². The predicted molar refractivity (Wildman–Crippen MR) is 89.6 cm³/mol. The van der Waals surface area contributed by atoms with Gasteiger partial charge in [0.25, 0.3) is 0 Å². The van der Waals surface area contributed by atoms with Crippen molar-refractivity contribution in [1.82, 2.24) is 9.88 Å². The lowest BCUT2D eigenvalue weighted by atomic mass is 10.1. The number of pyridine rings is 1. The fraction of sp³-hybridized carbons (Fsp3) is 0.471. The standard InChI is InChI=1S/C17H24N4/c18-15-7-8-16(17-14(15)6-5-9-20-17)19-10-13-21-11-3-1-2-4-12-21/h5-9,19H,1-4,10-13,18H2. The molecular formula is C17H24N4. The minimum absolute atomic E-state index is 0.788. The molecule has 0 amide bonds. The Morgan fingerprint density at radius 1 is 1.10 bits per heavy atom. The van der Waals surface area contributed by atoms with Crippen molar-refractivity contribution in [3.05, 3.63) is 30.5 Å². The Kier molecular flexibility index (Phi) is 4.55. The van der Waals surface area contributed by atoms with Crippen molar-refractivity contribution >= 4 is 22.3 Å². The number of hydrogen-bond donors (Lipinski definition) is 2. The number of hydrogen-bond acceptors (Lipinski definition) is 4. The summed E-state index contributed by atoms with van der Waals surface area (Å²) in [5.41, 5.74) is 8.84. The number of anilines is 2. The van der Waals surface area contributed by atoms with Crippen molar-refractivity contribution in [3.8, 4) is 0 Å². The SMILES string of the molecule is Nc1ccc(NCCN2CCCCCC2)c2ncccc12. The van der Waals surface area contributed by atoms with E-state index in [9.17, 15) is 0 Å². The summed E-state index contributed by atoms with van der Waals surface area (Å²) in [4.78, 5) is 7.03. The molecule has 3 N–H and O–H groups in total. The smallest absolute Gasteiger partial charge is 0.0953 e. The van der Waals surface area contributed by atoms with E-state index in [1.54, 1.807) is 0 Å². The first-order valence-electron chi connectivity index (χ1n) is 7.94. The highest BCUT2D eigenvalue weighted by Crippen LogP contribution is 2.26. The molecule has 2 heterocycles. The van der Waals surface area contributed by atoms with E-state index < -0.39 is 0 Å². The average Bonchev–Trinajstić information content (AvgIpc) is 2.79. The molecule has 2 aromatic rings. The number of rotatable bonds is 4. The fourth-order valence-corrected chi connectivity index (χ4v) is 3.05. The summed E-state index contributed by atoms with van der Waals surface area (Å²) in [5, 5.41) is 4.55. The highest BCUT2D eigenvalue weighted by atomic mass is 15.1. The van der Waals surface area contributed by atoms with Crippen LogP contribution in [0.4, 0.5) is 11.4 Å². The van der Waals surface area contributed by atoms with E-state index in [-0.39, 0.29) is 0 Å². The summed E-state index contributed by atoms with van der Waals surface area (Å²) < 4.78 is 0. The van der Waals surface area contributed by atoms with Gasteiger partial charge >= 0.3 is 0 Å². The largest absolute Gasteiger partial charge is 0.398 e. The van der Waals surface area contributed by atoms with Gasteiger partial charge in [-0.25, -0.2) is 0 Å². The van der Waals surface area contributed by atoms with Gasteiger partial charge in [-0.15, -0.1) is 0 Å². The molecule has 3 rings (SSSR count). The molecule has 0 spiro atoms. The van der Waals surface area contributed by atoms with E-state index in [4.69, 9.17) is 5.73 Å². The Morgan fingerprint density at radius 3 is 2.71 bits per heavy atom. The van der Waals surface area contributed by atoms with Crippen molar-refractivity contribution in [2.24, 2.45) is 0 Å². The third kappa shape index (κ3) is 3.45. The third-order valence-corrected chi connectivity index (χ3v) is 4.25. The zero-order valence-electron chi connectivity index (χ0n) is 12.5. The van der Waals surface area contributed by atoms with Crippen molar-refractivity contribution in [3.63, 3.8) is 0 Å². The van der Waals surface area contributed by atoms with Crippen LogP contribution in [0.25, 0.3) is 10.9 Å². The van der Waals surface area contributed by atoms with E-state index in [1.807, 2.05) is 30.5 Å². The number of nitrogens with two attached hydrogens (primary N) is 1. The summed E-state index contributed by atoms with van der Waals surface area (Å²) >= 11 is 0. The maximum Gasteiger partial charge on any atom is 0.0953 e. The van der Waals surface area contributed by atoms with Gasteiger partial charge in [-0.1, -0.05) is 12.8 Å². The minimum Gasteiger partial charge on any atom is -0.398 e. The molecule has 1 aromatic heterocycles. The second-order valence-electron chi connectivity index (χ2n) is 5.78. The molecular weight excluding hydrogens is 260 g/mol. The zero-order chi connectivity index (χ0) is 14.5. The first-order valence-corrected chi connectivity index (χ1v) is 7.94. The molecule has 0 saturated carbocycles. The topological polar surface area (TPSA) is 54.2 Å². The molecule has 1 aliphatic heterocycles. The molecule has 1 aromatic carbocycles. The van der Waals surface area contributed by atoms with Crippen LogP contribution in [0.2, 0.25) is 0 Å². The number of likely N-dealkylation sites (tertiary alicyclic amines) is 1. The van der Waals surface area contributed by atoms with Crippen molar-refractivity contribution in [2.45, 2.75) is 25.7 Å². The molecule has 1 saturated heterocycles. The number of nitrogens with one attached hydrogen (secondary N) is 1. The first kappa shape index (κ1) is 14.1. The molecule has 4 heteroatoms. The van der Waals surface area contributed by atoms with Crippen LogP contribution in [0.5, 0.6) is 0 Å². The van der Waals surface area contributed by atoms with Crippen molar-refractivity contribution in [2.75, 3.05) is 37.2 Å². The monoisotopic (exact) mass is 284 g/mol. The lowest BCUT2D eigenvalue weighted by Crippen LogP contribution is -2.30. The van der Waals surface area contributed by atoms with Gasteiger partial charge in [0.2, 0.25) is 0 Å². The number of fused-ring (bicyclic) bond motifs is 1. The maximum absolute atomic E-state index is 6.01. The molecule has 21 heavy (non-hydrogen) atoms. The fourth-order valence-electron chi connectivity index (χ4n) is 3.05. The molecule has 0 unspecified atom stereocenters. The van der Waals surface area contributed by atoms with Gasteiger partial charge in [-0.3, -0.25) is 4.98 Å². The van der Waals surface area contributed by atoms with Gasteiger partial charge < -0.3 is 16.0 Å². The quantitative estimate of drug-likeness (QED) is 0.847. The normalized spacial score (nSPS) is 16.8. The maximum atomic E-state index is 6.01. The van der Waals surface area contributed by atoms with Crippen molar-refractivity contribution in [1.29, 1.82) is 0 Å². The second kappa shape index (κ2) is 6.76. The third-order valence-electron chi connectivity index (χ3n) is 4.25. The lowest BCUT2D eigenvalue weighted by Gasteiger charge is -2.20. The van der Waals surface area contributed by atoms with Crippen LogP contribution in [0, 0.1) is 0 Å². The van der Waals surface area contributed by atoms with E-state index in [2.05, 4.69) is 15.2 Å². The number of nitrogen functional groups attached to an aromatic ring is 1. The molecule has 1 aliphatic rings. The highest BCUT2D eigenvalue weighted by molar-refractivity contribution is 5.98. The van der Waals surface area contributed by atoms with E-state index >= 15 is 0 Å². The predicted octanol–water partition coefficient (Wildman–Crippen LogP) is 3.10. The van der Waals surface area contributed by atoms with Gasteiger partial charge in [0.1, 0.15) is 0 Å². The van der Waals surface area contributed by atoms with Crippen LogP contribution >= 0.6 is 0 Å². The Labute approximate surface area is 126 Å². The molecule has 4 nitrogen and oxygen atoms in total. The van der Waals surface area contributed by atoms with Crippen LogP contribution in [-0.2, 0) is 0 Å². The number of nitrogens with zero attached hydrogens (tertiary/aromatic N) is 2. The van der Waals surface area contributed by atoms with E-state index in [0.717, 1.165) is 35.4 Å². The minimum atomic E-state index is 0.788. The van der Waals surface area contributed by atoms with E-state index in [0.29, 0.717) is 0 Å². The Morgan fingerprint density at radius 2 is 1.90 bits per heavy atom. The van der Waals surface area contributed by atoms with Gasteiger partial charge in [0.05, 0.1) is 11.2 Å². The Balaban J connectivity index is 1.64. The second-order valence-corrected chi connectivity index (χ2v) is 5.78. The molecule has 1 fully saturated rings. The molecule has 112 valence electrons. The summed E-state index contributed by atoms with van der Waals surface area (Å²) in [6, 6.07) is 7.95.